The molecule has 0 unspecified atom stereocenters. The van der Waals surface area contributed by atoms with E-state index in [1.807, 2.05) is 6.07 Å². The first-order valence-electron chi connectivity index (χ1n) is 8.51. The summed E-state index contributed by atoms with van der Waals surface area (Å²) in [7, 11) is 1.54. The highest BCUT2D eigenvalue weighted by Crippen LogP contribution is 2.27. The number of carbonyl (C=O) groups excluding carboxylic acids is 1. The highest BCUT2D eigenvalue weighted by Gasteiger charge is 2.15. The number of nitrogens with one attached hydrogen (secondary N) is 1. The molecule has 144 valence electrons. The summed E-state index contributed by atoms with van der Waals surface area (Å²) in [6.07, 6.45) is 1.30. The van der Waals surface area contributed by atoms with Gasteiger partial charge >= 0.3 is 5.97 Å². The summed E-state index contributed by atoms with van der Waals surface area (Å²) in [6.45, 7) is 0. The second-order valence-corrected chi connectivity index (χ2v) is 5.91. The van der Waals surface area contributed by atoms with Crippen molar-refractivity contribution in [3.8, 4) is 23.1 Å². The fourth-order valence-electron chi connectivity index (χ4n) is 2.62. The maximum absolute atomic E-state index is 12.4. The monoisotopic (exact) mass is 388 g/mol. The molecule has 0 bridgehead atoms. The number of rotatable bonds is 6. The zero-order valence-corrected chi connectivity index (χ0v) is 15.4. The van der Waals surface area contributed by atoms with Crippen LogP contribution in [0.5, 0.6) is 5.75 Å². The number of methoxy groups -OCH3 is 1. The standard InChI is InChI=1S/C22H16N2O5/c1-28-16-8-6-15(7-9-16)24-21(25)14(13-23)12-17-10-11-20(29-17)18-4-2-3-5-19(18)22(26)27/h2-12H,1H3,(H,24,25)(H,26,27). The van der Waals surface area contributed by atoms with E-state index in [4.69, 9.17) is 9.15 Å². The minimum absolute atomic E-state index is 0.0927. The molecule has 3 rings (SSSR count). The molecular weight excluding hydrogens is 372 g/mol. The number of benzene rings is 2. The van der Waals surface area contributed by atoms with Crippen molar-refractivity contribution < 1.29 is 23.8 Å². The third-order valence-electron chi connectivity index (χ3n) is 4.05. The van der Waals surface area contributed by atoms with Crippen LogP contribution in [0.15, 0.2) is 70.7 Å². The highest BCUT2D eigenvalue weighted by molar-refractivity contribution is 6.09. The Morgan fingerprint density at radius 2 is 1.83 bits per heavy atom. The Labute approximate surface area is 166 Å². The van der Waals surface area contributed by atoms with E-state index in [1.54, 1.807) is 54.6 Å². The topological polar surface area (TPSA) is 113 Å². The first-order chi connectivity index (χ1) is 14.0. The number of carboxylic acid groups (broad SMARTS) is 1. The lowest BCUT2D eigenvalue weighted by atomic mass is 10.1. The third-order valence-corrected chi connectivity index (χ3v) is 4.05. The van der Waals surface area contributed by atoms with Crippen LogP contribution < -0.4 is 10.1 Å². The lowest BCUT2D eigenvalue weighted by Crippen LogP contribution is -2.13. The summed E-state index contributed by atoms with van der Waals surface area (Å²) in [5.74, 6) is -0.459. The Hall–Kier alpha value is -4.31. The van der Waals surface area contributed by atoms with Crippen molar-refractivity contribution >= 4 is 23.6 Å². The van der Waals surface area contributed by atoms with E-state index in [9.17, 15) is 20.0 Å². The number of furan rings is 1. The maximum Gasteiger partial charge on any atom is 0.336 e. The average Bonchev–Trinajstić information content (AvgIpc) is 3.21. The van der Waals surface area contributed by atoms with Crippen LogP contribution in [0.2, 0.25) is 0 Å². The molecule has 0 aliphatic carbocycles. The smallest absolute Gasteiger partial charge is 0.336 e. The highest BCUT2D eigenvalue weighted by atomic mass is 16.5. The molecule has 0 spiro atoms. The summed E-state index contributed by atoms with van der Waals surface area (Å²) in [5.41, 5.74) is 0.844. The molecule has 0 aliphatic heterocycles. The fourth-order valence-corrected chi connectivity index (χ4v) is 2.62. The number of amides is 1. The van der Waals surface area contributed by atoms with E-state index < -0.39 is 11.9 Å². The Morgan fingerprint density at radius 1 is 1.10 bits per heavy atom. The van der Waals surface area contributed by atoms with Crippen LogP contribution in [0.1, 0.15) is 16.1 Å². The Bertz CT molecular complexity index is 1120. The molecule has 7 heteroatoms. The van der Waals surface area contributed by atoms with Gasteiger partial charge in [0.25, 0.3) is 5.91 Å². The van der Waals surface area contributed by atoms with E-state index >= 15 is 0 Å². The van der Waals surface area contributed by atoms with Gasteiger partial charge in [-0.2, -0.15) is 5.26 Å². The van der Waals surface area contributed by atoms with Crippen molar-refractivity contribution in [1.82, 2.24) is 0 Å². The second kappa shape index (κ2) is 8.59. The lowest BCUT2D eigenvalue weighted by molar-refractivity contribution is -0.112. The number of carbonyl (C=O) groups is 2. The predicted octanol–water partition coefficient (Wildman–Crippen LogP) is 4.20. The molecule has 0 saturated heterocycles. The van der Waals surface area contributed by atoms with Gasteiger partial charge < -0.3 is 19.6 Å². The van der Waals surface area contributed by atoms with Gasteiger partial charge in [-0.25, -0.2) is 4.79 Å². The minimum atomic E-state index is -1.08. The first kappa shape index (κ1) is 19.5. The molecular formula is C22H16N2O5. The number of carboxylic acids is 1. The van der Waals surface area contributed by atoms with E-state index in [-0.39, 0.29) is 16.9 Å². The van der Waals surface area contributed by atoms with Gasteiger partial charge in [-0.1, -0.05) is 18.2 Å². The Balaban J connectivity index is 1.82. The van der Waals surface area contributed by atoms with Crippen LogP contribution in [0, 0.1) is 11.3 Å². The van der Waals surface area contributed by atoms with Crippen molar-refractivity contribution in [3.63, 3.8) is 0 Å². The van der Waals surface area contributed by atoms with Crippen molar-refractivity contribution in [2.24, 2.45) is 0 Å². The second-order valence-electron chi connectivity index (χ2n) is 5.91. The first-order valence-corrected chi connectivity index (χ1v) is 8.51. The number of hydrogen-bond acceptors (Lipinski definition) is 5. The molecule has 3 aromatic rings. The number of ether oxygens (including phenoxy) is 1. The lowest BCUT2D eigenvalue weighted by Gasteiger charge is -2.05. The average molecular weight is 388 g/mol. The molecule has 0 radical (unpaired) electrons. The van der Waals surface area contributed by atoms with Gasteiger partial charge in [0.15, 0.2) is 0 Å². The maximum atomic E-state index is 12.4. The molecule has 2 N–H and O–H groups in total. The zero-order valence-electron chi connectivity index (χ0n) is 15.4. The van der Waals surface area contributed by atoms with Crippen LogP contribution in [0.4, 0.5) is 5.69 Å². The van der Waals surface area contributed by atoms with Crippen molar-refractivity contribution in [2.45, 2.75) is 0 Å². The van der Waals surface area contributed by atoms with Gasteiger partial charge in [0.1, 0.15) is 28.9 Å². The van der Waals surface area contributed by atoms with Crippen molar-refractivity contribution in [2.75, 3.05) is 12.4 Å². The van der Waals surface area contributed by atoms with Crippen LogP contribution >= 0.6 is 0 Å². The van der Waals surface area contributed by atoms with Gasteiger partial charge in [-0.05, 0) is 42.5 Å². The van der Waals surface area contributed by atoms with Crippen LogP contribution in [0.3, 0.4) is 0 Å². The third kappa shape index (κ3) is 4.51. The molecule has 0 aliphatic rings. The number of aromatic carboxylic acids is 1. The molecule has 0 fully saturated rings. The van der Waals surface area contributed by atoms with Crippen LogP contribution in [-0.2, 0) is 4.79 Å². The number of anilines is 1. The largest absolute Gasteiger partial charge is 0.497 e. The normalized spacial score (nSPS) is 10.8. The van der Waals surface area contributed by atoms with E-state index in [0.29, 0.717) is 22.8 Å². The molecule has 1 aromatic heterocycles. The molecule has 2 aromatic carbocycles. The number of hydrogen-bond donors (Lipinski definition) is 2. The molecule has 0 atom stereocenters. The zero-order chi connectivity index (χ0) is 20.8. The summed E-state index contributed by atoms with van der Waals surface area (Å²) >= 11 is 0. The predicted molar refractivity (Wildman–Crippen MR) is 106 cm³/mol. The molecule has 29 heavy (non-hydrogen) atoms. The van der Waals surface area contributed by atoms with Gasteiger partial charge in [-0.15, -0.1) is 0 Å². The fraction of sp³-hybridized carbons (Fsp3) is 0.0455. The number of nitriles is 1. The van der Waals surface area contributed by atoms with Crippen molar-refractivity contribution in [1.29, 1.82) is 5.26 Å². The number of nitrogens with zero attached hydrogens (tertiary/aromatic N) is 1. The minimum Gasteiger partial charge on any atom is -0.497 e. The quantitative estimate of drug-likeness (QED) is 0.483. The summed E-state index contributed by atoms with van der Waals surface area (Å²) in [4.78, 5) is 23.7. The Kier molecular flexibility index (Phi) is 5.76. The summed E-state index contributed by atoms with van der Waals surface area (Å²) in [5, 5.41) is 21.3. The van der Waals surface area contributed by atoms with E-state index in [0.717, 1.165) is 0 Å². The molecule has 1 amide bonds. The SMILES string of the molecule is COc1ccc(NC(=O)C(C#N)=Cc2ccc(-c3ccccc3C(=O)O)o2)cc1. The molecule has 1 heterocycles. The summed E-state index contributed by atoms with van der Waals surface area (Å²) < 4.78 is 10.7. The van der Waals surface area contributed by atoms with Gasteiger partial charge in [-0.3, -0.25) is 4.79 Å². The summed E-state index contributed by atoms with van der Waals surface area (Å²) in [6, 6.07) is 18.1. The van der Waals surface area contributed by atoms with Crippen molar-refractivity contribution in [3.05, 3.63) is 77.6 Å². The van der Waals surface area contributed by atoms with Crippen LogP contribution in [-0.4, -0.2) is 24.1 Å². The molecule has 0 saturated carbocycles. The van der Waals surface area contributed by atoms with Gasteiger partial charge in [0, 0.05) is 17.3 Å². The van der Waals surface area contributed by atoms with E-state index in [1.165, 1.54) is 19.3 Å². The Morgan fingerprint density at radius 3 is 2.48 bits per heavy atom. The van der Waals surface area contributed by atoms with Gasteiger partial charge in [0.2, 0.25) is 0 Å². The van der Waals surface area contributed by atoms with E-state index in [2.05, 4.69) is 5.32 Å². The molecule has 7 nitrogen and oxygen atoms in total. The van der Waals surface area contributed by atoms with Crippen LogP contribution in [0.25, 0.3) is 17.4 Å². The van der Waals surface area contributed by atoms with Gasteiger partial charge in [0.05, 0.1) is 12.7 Å².